The maximum absolute atomic E-state index is 12.1. The lowest BCUT2D eigenvalue weighted by atomic mass is 10.2. The van der Waals surface area contributed by atoms with E-state index in [0.29, 0.717) is 15.2 Å². The molecular weight excluding hydrogens is 383 g/mol. The van der Waals surface area contributed by atoms with Crippen molar-refractivity contribution in [1.82, 2.24) is 0 Å². The Hall–Kier alpha value is -1.63. The minimum absolute atomic E-state index is 0.0793. The summed E-state index contributed by atoms with van der Waals surface area (Å²) in [4.78, 5) is 22.3. The molecule has 21 heavy (non-hydrogen) atoms. The summed E-state index contributed by atoms with van der Waals surface area (Å²) in [6.07, 6.45) is 0. The molecule has 1 amide bonds. The number of rotatable bonds is 3. The summed E-state index contributed by atoms with van der Waals surface area (Å²) in [7, 11) is 0. The van der Waals surface area contributed by atoms with Gasteiger partial charge in [-0.25, -0.2) is 0 Å². The van der Waals surface area contributed by atoms with Gasteiger partial charge < -0.3 is 5.32 Å². The average Bonchev–Trinajstić information content (AvgIpc) is 2.40. The fourth-order valence-electron chi connectivity index (χ4n) is 1.58. The molecule has 1 N–H and O–H groups in total. The molecule has 0 bridgehead atoms. The second kappa shape index (κ2) is 6.43. The summed E-state index contributed by atoms with van der Waals surface area (Å²) < 4.78 is 0.398. The van der Waals surface area contributed by atoms with Gasteiger partial charge in [0.25, 0.3) is 11.6 Å². The second-order valence-electron chi connectivity index (χ2n) is 4.00. The van der Waals surface area contributed by atoms with E-state index in [2.05, 4.69) is 21.2 Å². The minimum Gasteiger partial charge on any atom is -0.321 e. The number of nitro groups is 1. The first-order chi connectivity index (χ1) is 9.88. The third kappa shape index (κ3) is 3.72. The third-order valence-corrected chi connectivity index (χ3v) is 3.79. The first-order valence-corrected chi connectivity index (χ1v) is 7.13. The van der Waals surface area contributed by atoms with Crippen LogP contribution in [0.15, 0.2) is 40.9 Å². The van der Waals surface area contributed by atoms with Crippen LogP contribution < -0.4 is 5.32 Å². The van der Waals surface area contributed by atoms with Crippen molar-refractivity contribution in [2.24, 2.45) is 0 Å². The van der Waals surface area contributed by atoms with E-state index in [1.54, 1.807) is 6.07 Å². The molecule has 0 heterocycles. The minimum atomic E-state index is -0.521. The normalized spacial score (nSPS) is 10.2. The van der Waals surface area contributed by atoms with Crippen molar-refractivity contribution in [3.8, 4) is 0 Å². The highest BCUT2D eigenvalue weighted by Crippen LogP contribution is 2.28. The molecule has 5 nitrogen and oxygen atoms in total. The Kier molecular flexibility index (Phi) is 4.82. The number of anilines is 1. The van der Waals surface area contributed by atoms with Crippen molar-refractivity contribution in [1.29, 1.82) is 0 Å². The number of hydrogen-bond donors (Lipinski definition) is 1. The van der Waals surface area contributed by atoms with Crippen LogP contribution in [0.1, 0.15) is 10.4 Å². The zero-order valence-corrected chi connectivity index (χ0v) is 13.4. The molecule has 2 aromatic rings. The number of carbonyl (C=O) groups is 1. The van der Waals surface area contributed by atoms with Crippen LogP contribution in [0.3, 0.4) is 0 Å². The molecule has 0 aromatic heterocycles. The van der Waals surface area contributed by atoms with Gasteiger partial charge in [0.05, 0.1) is 21.2 Å². The number of halogens is 3. The Bertz CT molecular complexity index is 737. The molecule has 0 aliphatic carbocycles. The first kappa shape index (κ1) is 15.8. The van der Waals surface area contributed by atoms with Crippen LogP contribution in [0.5, 0.6) is 0 Å². The lowest BCUT2D eigenvalue weighted by molar-refractivity contribution is -0.384. The Morgan fingerprint density at radius 3 is 2.48 bits per heavy atom. The summed E-state index contributed by atoms with van der Waals surface area (Å²) in [6, 6.07) is 8.54. The number of benzene rings is 2. The van der Waals surface area contributed by atoms with Crippen molar-refractivity contribution in [3.63, 3.8) is 0 Å². The summed E-state index contributed by atoms with van der Waals surface area (Å²) in [5.74, 6) is -0.439. The van der Waals surface area contributed by atoms with Gasteiger partial charge in [0.1, 0.15) is 0 Å². The molecule has 0 saturated heterocycles. The Labute approximate surface area is 138 Å². The summed E-state index contributed by atoms with van der Waals surface area (Å²) >= 11 is 14.9. The number of amides is 1. The maximum Gasteiger partial charge on any atom is 0.270 e. The van der Waals surface area contributed by atoms with Crippen molar-refractivity contribution < 1.29 is 9.72 Å². The van der Waals surface area contributed by atoms with E-state index in [9.17, 15) is 14.9 Å². The van der Waals surface area contributed by atoms with Crippen LogP contribution in [0.25, 0.3) is 0 Å². The highest BCUT2D eigenvalue weighted by atomic mass is 79.9. The summed E-state index contributed by atoms with van der Waals surface area (Å²) in [5.41, 5.74) is 0.576. The van der Waals surface area contributed by atoms with E-state index in [4.69, 9.17) is 23.2 Å². The highest BCUT2D eigenvalue weighted by Gasteiger charge is 2.14. The molecule has 0 saturated carbocycles. The van der Waals surface area contributed by atoms with Gasteiger partial charge in [-0.05, 0) is 40.2 Å². The van der Waals surface area contributed by atoms with Crippen molar-refractivity contribution in [2.75, 3.05) is 5.32 Å². The predicted molar refractivity (Wildman–Crippen MR) is 85.2 cm³/mol. The molecular formula is C13H7BrCl2N2O3. The van der Waals surface area contributed by atoms with E-state index in [0.717, 1.165) is 0 Å². The molecule has 0 unspecified atom stereocenters. The Morgan fingerprint density at radius 1 is 1.19 bits per heavy atom. The van der Waals surface area contributed by atoms with Crippen LogP contribution >= 0.6 is 39.1 Å². The summed E-state index contributed by atoms with van der Waals surface area (Å²) in [6.45, 7) is 0. The van der Waals surface area contributed by atoms with E-state index >= 15 is 0 Å². The molecule has 2 aromatic carbocycles. The molecule has 0 atom stereocenters. The monoisotopic (exact) mass is 388 g/mol. The molecule has 108 valence electrons. The number of nitrogens with one attached hydrogen (secondary N) is 1. The molecule has 0 fully saturated rings. The van der Waals surface area contributed by atoms with Gasteiger partial charge >= 0.3 is 0 Å². The molecule has 2 rings (SSSR count). The molecule has 0 aliphatic rings. The zero-order valence-electron chi connectivity index (χ0n) is 10.3. The van der Waals surface area contributed by atoms with Crippen LogP contribution in [0, 0.1) is 10.1 Å². The number of nitrogens with zero attached hydrogens (tertiary/aromatic N) is 1. The fraction of sp³-hybridized carbons (Fsp3) is 0. The molecule has 0 aliphatic heterocycles. The van der Waals surface area contributed by atoms with Gasteiger partial charge in [0.2, 0.25) is 0 Å². The van der Waals surface area contributed by atoms with Gasteiger partial charge in [-0.3, -0.25) is 14.9 Å². The Morgan fingerprint density at radius 2 is 1.90 bits per heavy atom. The average molecular weight is 390 g/mol. The van der Waals surface area contributed by atoms with Crippen LogP contribution in [0.2, 0.25) is 10.0 Å². The van der Waals surface area contributed by atoms with Gasteiger partial charge in [-0.2, -0.15) is 0 Å². The van der Waals surface area contributed by atoms with Crippen LogP contribution in [-0.2, 0) is 0 Å². The van der Waals surface area contributed by atoms with Crippen molar-refractivity contribution in [3.05, 3.63) is 66.6 Å². The second-order valence-corrected chi connectivity index (χ2v) is 5.70. The third-order valence-electron chi connectivity index (χ3n) is 2.59. The fourth-order valence-corrected chi connectivity index (χ4v) is 2.54. The number of nitro benzene ring substituents is 1. The number of carbonyl (C=O) groups excluding carboxylic acids is 1. The van der Waals surface area contributed by atoms with Crippen molar-refractivity contribution in [2.45, 2.75) is 0 Å². The predicted octanol–water partition coefficient (Wildman–Crippen LogP) is 4.92. The number of non-ortho nitro benzene ring substituents is 1. The van der Waals surface area contributed by atoms with Crippen LogP contribution in [0.4, 0.5) is 11.4 Å². The van der Waals surface area contributed by atoms with E-state index in [1.165, 1.54) is 30.3 Å². The van der Waals surface area contributed by atoms with Gasteiger partial charge in [0.15, 0.2) is 0 Å². The van der Waals surface area contributed by atoms with E-state index in [-0.39, 0.29) is 16.3 Å². The van der Waals surface area contributed by atoms with E-state index in [1.807, 2.05) is 0 Å². The largest absolute Gasteiger partial charge is 0.321 e. The SMILES string of the molecule is O=C(Nc1ccc([N+](=O)[O-])cc1Br)c1ccc(Cl)cc1Cl. The smallest absolute Gasteiger partial charge is 0.270 e. The van der Waals surface area contributed by atoms with E-state index < -0.39 is 10.8 Å². The van der Waals surface area contributed by atoms with Crippen LogP contribution in [-0.4, -0.2) is 10.8 Å². The molecule has 8 heteroatoms. The molecule has 0 spiro atoms. The maximum atomic E-state index is 12.1. The summed E-state index contributed by atoms with van der Waals surface area (Å²) in [5, 5.41) is 13.9. The topological polar surface area (TPSA) is 72.2 Å². The van der Waals surface area contributed by atoms with Gasteiger partial charge in [0, 0.05) is 21.6 Å². The van der Waals surface area contributed by atoms with Crippen molar-refractivity contribution >= 4 is 56.4 Å². The lowest BCUT2D eigenvalue weighted by Crippen LogP contribution is -2.12. The quantitative estimate of drug-likeness (QED) is 0.598. The first-order valence-electron chi connectivity index (χ1n) is 5.59. The highest BCUT2D eigenvalue weighted by molar-refractivity contribution is 9.10. The molecule has 0 radical (unpaired) electrons. The zero-order chi connectivity index (χ0) is 15.6. The standard InChI is InChI=1S/C13H7BrCl2N2O3/c14-10-6-8(18(20)21)2-4-12(10)17-13(19)9-3-1-7(15)5-11(9)16/h1-6H,(H,17,19). The van der Waals surface area contributed by atoms with Gasteiger partial charge in [-0.1, -0.05) is 23.2 Å². The lowest BCUT2D eigenvalue weighted by Gasteiger charge is -2.08. The number of hydrogen-bond acceptors (Lipinski definition) is 3. The van der Waals surface area contributed by atoms with Gasteiger partial charge in [-0.15, -0.1) is 0 Å². The Balaban J connectivity index is 2.25.